The Labute approximate surface area is 211 Å². The van der Waals surface area contributed by atoms with E-state index in [4.69, 9.17) is 4.74 Å². The Morgan fingerprint density at radius 3 is 2.64 bits per heavy atom. The monoisotopic (exact) mass is 500 g/mol. The molecule has 5 rings (SSSR count). The molecule has 36 heavy (non-hydrogen) atoms. The molecule has 0 radical (unpaired) electrons. The zero-order chi connectivity index (χ0) is 25.1. The zero-order valence-electron chi connectivity index (χ0n) is 19.6. The Balaban J connectivity index is 1.70. The van der Waals surface area contributed by atoms with E-state index in [0.717, 1.165) is 76.2 Å². The average molecular weight is 501 g/mol. The van der Waals surface area contributed by atoms with Crippen LogP contribution < -0.4 is 10.1 Å². The fraction of sp³-hybridized carbons (Fsp3) is 0.185. The van der Waals surface area contributed by atoms with Crippen molar-refractivity contribution in [3.05, 3.63) is 71.8 Å². The molecule has 0 saturated carbocycles. The van der Waals surface area contributed by atoms with Gasteiger partial charge in [0, 0.05) is 23.2 Å². The van der Waals surface area contributed by atoms with Gasteiger partial charge in [0.25, 0.3) is 0 Å². The van der Waals surface area contributed by atoms with E-state index in [9.17, 15) is 14.7 Å². The van der Waals surface area contributed by atoms with Crippen LogP contribution in [0.1, 0.15) is 35.7 Å². The van der Waals surface area contributed by atoms with Crippen LogP contribution in [0.25, 0.3) is 33.1 Å². The SMILES string of the molecule is CCCCNc1ccc2c(c1)c(-c1ccc(C=O)cc1)c(OC(=O)O)n2Cc1ccc2nsnc2c1. The molecule has 0 bridgehead atoms. The van der Waals surface area contributed by atoms with E-state index in [1.54, 1.807) is 12.1 Å². The van der Waals surface area contributed by atoms with Crippen molar-refractivity contribution < 1.29 is 19.4 Å². The highest BCUT2D eigenvalue weighted by Crippen LogP contribution is 2.42. The second-order valence-corrected chi connectivity index (χ2v) is 9.00. The molecule has 182 valence electrons. The zero-order valence-corrected chi connectivity index (χ0v) is 20.4. The number of benzene rings is 3. The topological polar surface area (TPSA) is 106 Å². The molecule has 9 heteroatoms. The van der Waals surface area contributed by atoms with Gasteiger partial charge in [-0.25, -0.2) is 4.79 Å². The van der Waals surface area contributed by atoms with Crippen molar-refractivity contribution in [2.75, 3.05) is 11.9 Å². The number of nitrogens with one attached hydrogen (secondary N) is 1. The third-order valence-corrected chi connectivity index (χ3v) is 6.61. The summed E-state index contributed by atoms with van der Waals surface area (Å²) in [6.07, 6.45) is 1.50. The maximum absolute atomic E-state index is 11.8. The Morgan fingerprint density at radius 1 is 1.08 bits per heavy atom. The summed E-state index contributed by atoms with van der Waals surface area (Å²) in [4.78, 5) is 23.0. The summed E-state index contributed by atoms with van der Waals surface area (Å²) in [6.45, 7) is 3.36. The van der Waals surface area contributed by atoms with Crippen molar-refractivity contribution in [2.24, 2.45) is 0 Å². The summed E-state index contributed by atoms with van der Waals surface area (Å²) >= 11 is 1.15. The van der Waals surface area contributed by atoms with Crippen molar-refractivity contribution in [3.63, 3.8) is 0 Å². The number of ether oxygens (including phenoxy) is 1. The van der Waals surface area contributed by atoms with Gasteiger partial charge in [-0.2, -0.15) is 8.75 Å². The fourth-order valence-corrected chi connectivity index (χ4v) is 4.83. The van der Waals surface area contributed by atoms with E-state index in [2.05, 4.69) is 21.0 Å². The molecule has 0 aliphatic heterocycles. The molecule has 8 nitrogen and oxygen atoms in total. The summed E-state index contributed by atoms with van der Waals surface area (Å²) in [6, 6.07) is 18.8. The first-order valence-corrected chi connectivity index (χ1v) is 12.4. The molecule has 2 heterocycles. The standard InChI is InChI=1S/C27H24N4O4S/c1-2-3-12-28-20-9-11-24-21(14-20)25(19-7-4-17(16-32)5-8-19)26(35-27(33)34)31(24)15-18-6-10-22-23(13-18)30-36-29-22/h4-11,13-14,16,28H,2-3,12,15H2,1H3,(H,33,34). The number of carbonyl (C=O) groups is 2. The first kappa shape index (κ1) is 23.5. The number of carboxylic acid groups (broad SMARTS) is 1. The molecule has 0 amide bonds. The summed E-state index contributed by atoms with van der Waals surface area (Å²) < 4.78 is 15.9. The van der Waals surface area contributed by atoms with E-state index < -0.39 is 6.16 Å². The van der Waals surface area contributed by atoms with E-state index in [-0.39, 0.29) is 5.88 Å². The second-order valence-electron chi connectivity index (χ2n) is 8.47. The minimum Gasteiger partial charge on any atom is -0.449 e. The van der Waals surface area contributed by atoms with Gasteiger partial charge in [-0.15, -0.1) is 0 Å². The Kier molecular flexibility index (Phi) is 6.64. The van der Waals surface area contributed by atoms with Gasteiger partial charge in [0.2, 0.25) is 5.88 Å². The number of aromatic nitrogens is 3. The fourth-order valence-electron chi connectivity index (χ4n) is 4.31. The van der Waals surface area contributed by atoms with Crippen molar-refractivity contribution >= 4 is 51.8 Å². The molecule has 5 aromatic rings. The first-order valence-electron chi connectivity index (χ1n) is 11.6. The smallest absolute Gasteiger partial charge is 0.449 e. The lowest BCUT2D eigenvalue weighted by molar-refractivity contribution is 0.112. The Bertz CT molecular complexity index is 1560. The number of hydrogen-bond donors (Lipinski definition) is 2. The van der Waals surface area contributed by atoms with Crippen LogP contribution in [0.2, 0.25) is 0 Å². The Morgan fingerprint density at radius 2 is 1.89 bits per heavy atom. The molecule has 3 aromatic carbocycles. The summed E-state index contributed by atoms with van der Waals surface area (Å²) in [5.41, 5.74) is 6.27. The molecule has 0 aliphatic carbocycles. The van der Waals surface area contributed by atoms with Gasteiger partial charge >= 0.3 is 6.16 Å². The molecule has 0 atom stereocenters. The van der Waals surface area contributed by atoms with Crippen molar-refractivity contribution in [3.8, 4) is 17.0 Å². The number of fused-ring (bicyclic) bond motifs is 2. The quantitative estimate of drug-likeness (QED) is 0.136. The number of unbranched alkanes of at least 4 members (excludes halogenated alkanes) is 1. The second kappa shape index (κ2) is 10.2. The predicted molar refractivity (Wildman–Crippen MR) is 141 cm³/mol. The lowest BCUT2D eigenvalue weighted by Crippen LogP contribution is -2.10. The van der Waals surface area contributed by atoms with Gasteiger partial charge in [0.05, 0.1) is 29.4 Å². The van der Waals surface area contributed by atoms with Crippen LogP contribution in [0.4, 0.5) is 10.5 Å². The van der Waals surface area contributed by atoms with E-state index in [1.165, 1.54) is 0 Å². The normalized spacial score (nSPS) is 11.1. The van der Waals surface area contributed by atoms with Gasteiger partial charge in [0.15, 0.2) is 0 Å². The molecule has 2 aromatic heterocycles. The third-order valence-electron chi connectivity index (χ3n) is 6.05. The molecule has 0 spiro atoms. The largest absolute Gasteiger partial charge is 0.512 e. The van der Waals surface area contributed by atoms with Crippen LogP contribution >= 0.6 is 11.7 Å². The van der Waals surface area contributed by atoms with E-state index >= 15 is 0 Å². The number of carbonyl (C=O) groups excluding carboxylic acids is 1. The molecular formula is C27H24N4O4S. The summed E-state index contributed by atoms with van der Waals surface area (Å²) in [7, 11) is 0. The highest BCUT2D eigenvalue weighted by Gasteiger charge is 2.23. The van der Waals surface area contributed by atoms with Crippen LogP contribution in [0, 0.1) is 0 Å². The number of nitrogens with zero attached hydrogens (tertiary/aromatic N) is 3. The first-order chi connectivity index (χ1) is 17.6. The lowest BCUT2D eigenvalue weighted by atomic mass is 10.0. The van der Waals surface area contributed by atoms with Crippen LogP contribution in [0.15, 0.2) is 60.7 Å². The van der Waals surface area contributed by atoms with Crippen LogP contribution in [0.5, 0.6) is 5.88 Å². The highest BCUT2D eigenvalue weighted by atomic mass is 32.1. The molecule has 0 fully saturated rings. The number of hydrogen-bond acceptors (Lipinski definition) is 7. The summed E-state index contributed by atoms with van der Waals surface area (Å²) in [5, 5.41) is 13.9. The maximum atomic E-state index is 11.8. The minimum atomic E-state index is -1.40. The van der Waals surface area contributed by atoms with Gasteiger partial charge in [-0.1, -0.05) is 43.7 Å². The van der Waals surface area contributed by atoms with Crippen molar-refractivity contribution in [1.29, 1.82) is 0 Å². The Hall–Kier alpha value is -4.24. The summed E-state index contributed by atoms with van der Waals surface area (Å²) in [5.74, 6) is 0.221. The minimum absolute atomic E-state index is 0.221. The van der Waals surface area contributed by atoms with Crippen LogP contribution in [-0.4, -0.2) is 37.4 Å². The predicted octanol–water partition coefficient (Wildman–Crippen LogP) is 6.44. The number of anilines is 1. The molecule has 0 unspecified atom stereocenters. The van der Waals surface area contributed by atoms with Gasteiger partial charge in [-0.05, 0) is 47.9 Å². The van der Waals surface area contributed by atoms with Gasteiger partial charge < -0.3 is 19.7 Å². The molecule has 0 aliphatic rings. The van der Waals surface area contributed by atoms with Crippen LogP contribution in [-0.2, 0) is 6.54 Å². The molecule has 2 N–H and O–H groups in total. The number of aldehydes is 1. The number of rotatable bonds is 9. The third kappa shape index (κ3) is 4.65. The van der Waals surface area contributed by atoms with Gasteiger partial charge in [0.1, 0.15) is 17.3 Å². The lowest BCUT2D eigenvalue weighted by Gasteiger charge is -2.11. The molecule has 0 saturated heterocycles. The average Bonchev–Trinajstić information content (AvgIpc) is 3.46. The maximum Gasteiger partial charge on any atom is 0.512 e. The highest BCUT2D eigenvalue weighted by molar-refractivity contribution is 7.00. The van der Waals surface area contributed by atoms with Crippen molar-refractivity contribution in [2.45, 2.75) is 26.3 Å². The van der Waals surface area contributed by atoms with E-state index in [0.29, 0.717) is 17.7 Å². The van der Waals surface area contributed by atoms with E-state index in [1.807, 2.05) is 53.1 Å². The molecular weight excluding hydrogens is 476 g/mol. The van der Waals surface area contributed by atoms with Crippen LogP contribution in [0.3, 0.4) is 0 Å². The van der Waals surface area contributed by atoms with Crippen molar-refractivity contribution in [1.82, 2.24) is 13.3 Å². The van der Waals surface area contributed by atoms with Gasteiger partial charge in [-0.3, -0.25) is 4.79 Å².